The largest absolute Gasteiger partial charge is 0.490 e. The van der Waals surface area contributed by atoms with Crippen LogP contribution in [0.4, 0.5) is 13.2 Å². The van der Waals surface area contributed by atoms with Crippen molar-refractivity contribution in [2.75, 3.05) is 13.1 Å². The summed E-state index contributed by atoms with van der Waals surface area (Å²) in [6.45, 7) is 5.60. The Hall–Kier alpha value is -1.47. The van der Waals surface area contributed by atoms with Crippen molar-refractivity contribution in [1.82, 2.24) is 4.90 Å². The number of alkyl halides is 3. The Bertz CT molecular complexity index is 214. The molecule has 0 atom stereocenters. The first-order chi connectivity index (χ1) is 6.66. The van der Waals surface area contributed by atoms with Crippen molar-refractivity contribution in [3.63, 3.8) is 0 Å². The molecule has 0 aliphatic rings. The van der Waals surface area contributed by atoms with Crippen molar-refractivity contribution in [3.8, 4) is 0 Å². The van der Waals surface area contributed by atoms with Crippen LogP contribution < -0.4 is 5.73 Å². The summed E-state index contributed by atoms with van der Waals surface area (Å²) in [6, 6.07) is 0. The van der Waals surface area contributed by atoms with Crippen molar-refractivity contribution in [1.29, 1.82) is 5.41 Å². The molecule has 0 spiro atoms. The molecular weight excluding hydrogens is 215 g/mol. The van der Waals surface area contributed by atoms with Crippen molar-refractivity contribution >= 4 is 11.9 Å². The summed E-state index contributed by atoms with van der Waals surface area (Å²) in [5.41, 5.74) is 5.17. The Morgan fingerprint density at radius 1 is 1.40 bits per heavy atom. The summed E-state index contributed by atoms with van der Waals surface area (Å²) in [6.07, 6.45) is -5.08. The monoisotopic (exact) mass is 229 g/mol. The zero-order valence-corrected chi connectivity index (χ0v) is 8.43. The van der Waals surface area contributed by atoms with Crippen LogP contribution in [0.1, 0.15) is 13.8 Å². The van der Waals surface area contributed by atoms with Crippen LogP contribution >= 0.6 is 0 Å². The topological polar surface area (TPSA) is 90.4 Å². The molecule has 4 N–H and O–H groups in total. The Morgan fingerprint density at radius 2 is 1.67 bits per heavy atom. The number of hydrogen-bond acceptors (Lipinski definition) is 2. The third kappa shape index (κ3) is 8.85. The number of rotatable bonds is 2. The molecule has 0 heterocycles. The number of guanidine groups is 1. The average molecular weight is 229 g/mol. The van der Waals surface area contributed by atoms with Gasteiger partial charge in [0.25, 0.3) is 0 Å². The van der Waals surface area contributed by atoms with E-state index in [1.165, 1.54) is 0 Å². The Kier molecular flexibility index (Phi) is 7.36. The predicted molar refractivity (Wildman–Crippen MR) is 48.5 cm³/mol. The quantitative estimate of drug-likeness (QED) is 0.483. The van der Waals surface area contributed by atoms with Crippen LogP contribution in [0.2, 0.25) is 0 Å². The summed E-state index contributed by atoms with van der Waals surface area (Å²) in [4.78, 5) is 10.7. The van der Waals surface area contributed by atoms with Crippen molar-refractivity contribution in [3.05, 3.63) is 0 Å². The molecule has 0 aromatic rings. The molecule has 0 amide bonds. The molecule has 15 heavy (non-hydrogen) atoms. The standard InChI is InChI=1S/C5H13N3.C2HF3O2/c1-3-8(4-2)5(6)7;3-2(4,5)1(6)7/h3-4H2,1-2H3,(H3,6,7);(H,6,7). The molecule has 0 aliphatic carbocycles. The van der Waals surface area contributed by atoms with Crippen molar-refractivity contribution in [2.24, 2.45) is 5.73 Å². The molecule has 0 bridgehead atoms. The van der Waals surface area contributed by atoms with Gasteiger partial charge in [0, 0.05) is 13.1 Å². The van der Waals surface area contributed by atoms with E-state index in [1.807, 2.05) is 13.8 Å². The molecule has 0 rings (SSSR count). The molecule has 0 radical (unpaired) electrons. The maximum atomic E-state index is 10.6. The van der Waals surface area contributed by atoms with Gasteiger partial charge in [-0.3, -0.25) is 5.41 Å². The van der Waals surface area contributed by atoms with E-state index in [-0.39, 0.29) is 5.96 Å². The molecule has 0 unspecified atom stereocenters. The number of nitrogens with zero attached hydrogens (tertiary/aromatic N) is 1. The van der Waals surface area contributed by atoms with E-state index < -0.39 is 12.1 Å². The fourth-order valence-electron chi connectivity index (χ4n) is 0.564. The van der Waals surface area contributed by atoms with Gasteiger partial charge >= 0.3 is 12.1 Å². The van der Waals surface area contributed by atoms with Crippen molar-refractivity contribution < 1.29 is 23.1 Å². The molecule has 0 aromatic heterocycles. The highest BCUT2D eigenvalue weighted by molar-refractivity contribution is 5.74. The lowest BCUT2D eigenvalue weighted by Crippen LogP contribution is -2.35. The molecule has 0 fully saturated rings. The SMILES string of the molecule is CCN(CC)C(=N)N.O=C(O)C(F)(F)F. The Morgan fingerprint density at radius 3 is 1.67 bits per heavy atom. The van der Waals surface area contributed by atoms with E-state index in [4.69, 9.17) is 21.0 Å². The highest BCUT2D eigenvalue weighted by Gasteiger charge is 2.38. The maximum absolute atomic E-state index is 10.6. The molecule has 0 aromatic carbocycles. The van der Waals surface area contributed by atoms with Crippen LogP contribution in [0.15, 0.2) is 0 Å². The second kappa shape index (κ2) is 6.91. The number of carbonyl (C=O) groups is 1. The van der Waals surface area contributed by atoms with Crippen LogP contribution in [0.3, 0.4) is 0 Å². The lowest BCUT2D eigenvalue weighted by molar-refractivity contribution is -0.192. The third-order valence-electron chi connectivity index (χ3n) is 1.35. The lowest BCUT2D eigenvalue weighted by atomic mass is 10.5. The normalized spacial score (nSPS) is 9.93. The van der Waals surface area contributed by atoms with E-state index in [0.717, 1.165) is 13.1 Å². The van der Waals surface area contributed by atoms with E-state index in [2.05, 4.69) is 0 Å². The summed E-state index contributed by atoms with van der Waals surface area (Å²) in [7, 11) is 0. The summed E-state index contributed by atoms with van der Waals surface area (Å²) in [5, 5.41) is 14.1. The second-order valence-corrected chi connectivity index (χ2v) is 2.36. The van der Waals surface area contributed by atoms with E-state index in [1.54, 1.807) is 4.90 Å². The number of nitrogens with one attached hydrogen (secondary N) is 1. The summed E-state index contributed by atoms with van der Waals surface area (Å²) < 4.78 is 31.7. The first-order valence-corrected chi connectivity index (χ1v) is 4.05. The van der Waals surface area contributed by atoms with Gasteiger partial charge in [0.2, 0.25) is 0 Å². The third-order valence-corrected chi connectivity index (χ3v) is 1.35. The highest BCUT2D eigenvalue weighted by atomic mass is 19.4. The molecule has 5 nitrogen and oxygen atoms in total. The van der Waals surface area contributed by atoms with Gasteiger partial charge in [-0.2, -0.15) is 13.2 Å². The molecule has 8 heteroatoms. The van der Waals surface area contributed by atoms with Crippen molar-refractivity contribution in [2.45, 2.75) is 20.0 Å². The van der Waals surface area contributed by atoms with Gasteiger partial charge in [-0.25, -0.2) is 4.79 Å². The first kappa shape index (κ1) is 16.0. The lowest BCUT2D eigenvalue weighted by Gasteiger charge is -2.16. The Balaban J connectivity index is 0. The fourth-order valence-corrected chi connectivity index (χ4v) is 0.564. The number of halogens is 3. The van der Waals surface area contributed by atoms with Gasteiger partial charge in [-0.05, 0) is 13.8 Å². The van der Waals surface area contributed by atoms with Gasteiger partial charge in [-0.1, -0.05) is 0 Å². The molecule has 0 saturated heterocycles. The van der Waals surface area contributed by atoms with E-state index >= 15 is 0 Å². The zero-order valence-electron chi connectivity index (χ0n) is 8.43. The smallest absolute Gasteiger partial charge is 0.475 e. The molecular formula is C7H14F3N3O2. The van der Waals surface area contributed by atoms with Gasteiger partial charge in [0.05, 0.1) is 0 Å². The molecule has 90 valence electrons. The highest BCUT2D eigenvalue weighted by Crippen LogP contribution is 2.13. The number of aliphatic carboxylic acids is 1. The number of nitrogens with two attached hydrogens (primary N) is 1. The fraction of sp³-hybridized carbons (Fsp3) is 0.714. The minimum atomic E-state index is -5.08. The van der Waals surface area contributed by atoms with Crippen LogP contribution in [0, 0.1) is 5.41 Å². The van der Waals surface area contributed by atoms with Crippen LogP contribution in [-0.2, 0) is 4.79 Å². The number of hydrogen-bond donors (Lipinski definition) is 3. The van der Waals surface area contributed by atoms with Crippen LogP contribution in [0.5, 0.6) is 0 Å². The average Bonchev–Trinajstić information content (AvgIpc) is 2.04. The Labute approximate surface area is 85.2 Å². The minimum absolute atomic E-state index is 0.162. The second-order valence-electron chi connectivity index (χ2n) is 2.36. The molecule has 0 saturated carbocycles. The molecule has 0 aliphatic heterocycles. The predicted octanol–water partition coefficient (Wildman–Crippen LogP) is 0.855. The summed E-state index contributed by atoms with van der Waals surface area (Å²) in [5.74, 6) is -2.59. The van der Waals surface area contributed by atoms with Gasteiger partial charge < -0.3 is 15.7 Å². The van der Waals surface area contributed by atoms with Gasteiger partial charge in [0.15, 0.2) is 5.96 Å². The minimum Gasteiger partial charge on any atom is -0.475 e. The zero-order chi connectivity index (χ0) is 12.6. The number of carboxylic acid groups (broad SMARTS) is 1. The first-order valence-electron chi connectivity index (χ1n) is 4.05. The van der Waals surface area contributed by atoms with Crippen LogP contribution in [0.25, 0.3) is 0 Å². The maximum Gasteiger partial charge on any atom is 0.490 e. The number of carboxylic acids is 1. The van der Waals surface area contributed by atoms with Gasteiger partial charge in [0.1, 0.15) is 0 Å². The van der Waals surface area contributed by atoms with Gasteiger partial charge in [-0.15, -0.1) is 0 Å². The van der Waals surface area contributed by atoms with E-state index in [9.17, 15) is 13.2 Å². The van der Waals surface area contributed by atoms with Crippen LogP contribution in [-0.4, -0.2) is 41.2 Å². The summed E-state index contributed by atoms with van der Waals surface area (Å²) >= 11 is 0. The van der Waals surface area contributed by atoms with E-state index in [0.29, 0.717) is 0 Å².